The molecule has 18 heavy (non-hydrogen) atoms. The molecule has 0 heterocycles. The maximum absolute atomic E-state index is 12.1. The van der Waals surface area contributed by atoms with Crippen molar-refractivity contribution in [1.29, 1.82) is 0 Å². The van der Waals surface area contributed by atoms with Crippen LogP contribution in [0.1, 0.15) is 30.0 Å². The van der Waals surface area contributed by atoms with E-state index in [2.05, 4.69) is 0 Å². The minimum absolute atomic E-state index is 0. The third-order valence-electron chi connectivity index (χ3n) is 2.59. The summed E-state index contributed by atoms with van der Waals surface area (Å²) < 4.78 is 41.2. The van der Waals surface area contributed by atoms with Crippen molar-refractivity contribution in [2.45, 2.75) is 32.0 Å². The highest BCUT2D eigenvalue weighted by molar-refractivity contribution is 5.85. The predicted octanol–water partition coefficient (Wildman–Crippen LogP) is 3.77. The molecule has 0 spiro atoms. The second-order valence-corrected chi connectivity index (χ2v) is 3.99. The molecule has 0 aliphatic rings. The van der Waals surface area contributed by atoms with Crippen molar-refractivity contribution in [2.75, 3.05) is 7.11 Å². The zero-order chi connectivity index (χ0) is 13.1. The van der Waals surface area contributed by atoms with Crippen LogP contribution in [0, 0.1) is 6.92 Å². The van der Waals surface area contributed by atoms with Crippen LogP contribution in [0.4, 0.5) is 13.2 Å². The van der Waals surface area contributed by atoms with E-state index in [0.29, 0.717) is 11.3 Å². The van der Waals surface area contributed by atoms with Gasteiger partial charge in [0.1, 0.15) is 5.75 Å². The molecule has 1 rings (SSSR count). The van der Waals surface area contributed by atoms with E-state index < -0.39 is 18.6 Å². The Morgan fingerprint density at radius 3 is 2.39 bits per heavy atom. The van der Waals surface area contributed by atoms with E-state index in [0.717, 1.165) is 5.56 Å². The second-order valence-electron chi connectivity index (χ2n) is 3.99. The molecule has 0 bridgehead atoms. The summed E-state index contributed by atoms with van der Waals surface area (Å²) in [7, 11) is 1.55. The largest absolute Gasteiger partial charge is 0.496 e. The summed E-state index contributed by atoms with van der Waals surface area (Å²) in [5.41, 5.74) is 7.29. The van der Waals surface area contributed by atoms with Crippen LogP contribution < -0.4 is 10.5 Å². The van der Waals surface area contributed by atoms with Crippen molar-refractivity contribution >= 4 is 12.4 Å². The Hall–Kier alpha value is -0.940. The van der Waals surface area contributed by atoms with E-state index in [-0.39, 0.29) is 18.8 Å². The average Bonchev–Trinajstić information content (AvgIpc) is 2.24. The normalized spacial score (nSPS) is 12.8. The Morgan fingerprint density at radius 1 is 1.33 bits per heavy atom. The number of rotatable bonds is 4. The zero-order valence-electron chi connectivity index (χ0n) is 10.3. The minimum Gasteiger partial charge on any atom is -0.496 e. The highest BCUT2D eigenvalue weighted by atomic mass is 35.5. The van der Waals surface area contributed by atoms with Crippen LogP contribution in [0.5, 0.6) is 5.75 Å². The van der Waals surface area contributed by atoms with Gasteiger partial charge in [0.2, 0.25) is 0 Å². The number of halogens is 4. The third kappa shape index (κ3) is 5.14. The monoisotopic (exact) mass is 283 g/mol. The summed E-state index contributed by atoms with van der Waals surface area (Å²) in [6.45, 7) is 1.83. The third-order valence-corrected chi connectivity index (χ3v) is 2.59. The Kier molecular flexibility index (Phi) is 6.49. The molecule has 0 fully saturated rings. The number of hydrogen-bond donors (Lipinski definition) is 1. The van der Waals surface area contributed by atoms with Gasteiger partial charge in [-0.15, -0.1) is 12.4 Å². The van der Waals surface area contributed by atoms with Gasteiger partial charge >= 0.3 is 6.18 Å². The standard InChI is InChI=1S/C12H16F3NO.ClH/c1-8-7-9(3-4-11(8)17-2)10(16)5-6-12(13,14)15;/h3-4,7,10H,5-6,16H2,1-2H3;1H/t10-;/m1./s1. The summed E-state index contributed by atoms with van der Waals surface area (Å²) in [6, 6.07) is 4.59. The molecule has 104 valence electrons. The van der Waals surface area contributed by atoms with Gasteiger partial charge in [0.05, 0.1) is 7.11 Å². The van der Waals surface area contributed by atoms with Crippen molar-refractivity contribution in [1.82, 2.24) is 0 Å². The summed E-state index contributed by atoms with van der Waals surface area (Å²) >= 11 is 0. The number of hydrogen-bond acceptors (Lipinski definition) is 2. The fraction of sp³-hybridized carbons (Fsp3) is 0.500. The van der Waals surface area contributed by atoms with Crippen molar-refractivity contribution in [3.63, 3.8) is 0 Å². The van der Waals surface area contributed by atoms with Gasteiger partial charge in [0.25, 0.3) is 0 Å². The molecular formula is C12H17ClF3NO. The lowest BCUT2D eigenvalue weighted by atomic mass is 10.0. The van der Waals surface area contributed by atoms with Gasteiger partial charge in [-0.25, -0.2) is 0 Å². The van der Waals surface area contributed by atoms with Gasteiger partial charge in [-0.2, -0.15) is 13.2 Å². The van der Waals surface area contributed by atoms with Crippen LogP contribution >= 0.6 is 12.4 Å². The van der Waals surface area contributed by atoms with Crippen LogP contribution in [0.3, 0.4) is 0 Å². The quantitative estimate of drug-likeness (QED) is 0.913. The van der Waals surface area contributed by atoms with Crippen molar-refractivity contribution in [2.24, 2.45) is 5.73 Å². The molecular weight excluding hydrogens is 267 g/mol. The fourth-order valence-corrected chi connectivity index (χ4v) is 1.62. The summed E-state index contributed by atoms with van der Waals surface area (Å²) in [4.78, 5) is 0. The summed E-state index contributed by atoms with van der Waals surface area (Å²) in [5.74, 6) is 0.705. The first-order valence-electron chi connectivity index (χ1n) is 5.30. The summed E-state index contributed by atoms with van der Waals surface area (Å²) in [5, 5.41) is 0. The molecule has 0 unspecified atom stereocenters. The molecule has 1 atom stereocenters. The van der Waals surface area contributed by atoms with Crippen LogP contribution in [-0.4, -0.2) is 13.3 Å². The van der Waals surface area contributed by atoms with Gasteiger partial charge in [-0.05, 0) is 30.5 Å². The second kappa shape index (κ2) is 6.85. The van der Waals surface area contributed by atoms with Crippen LogP contribution in [0.15, 0.2) is 18.2 Å². The number of nitrogens with two attached hydrogens (primary N) is 1. The van der Waals surface area contributed by atoms with Crippen molar-refractivity contribution < 1.29 is 17.9 Å². The maximum atomic E-state index is 12.1. The molecule has 0 amide bonds. The van der Waals surface area contributed by atoms with E-state index in [1.807, 2.05) is 6.92 Å². The average molecular weight is 284 g/mol. The number of alkyl halides is 3. The minimum atomic E-state index is -4.15. The van der Waals surface area contributed by atoms with Crippen LogP contribution in [0.2, 0.25) is 0 Å². The molecule has 0 aliphatic carbocycles. The lowest BCUT2D eigenvalue weighted by Crippen LogP contribution is -2.15. The lowest BCUT2D eigenvalue weighted by molar-refractivity contribution is -0.136. The molecule has 6 heteroatoms. The Labute approximate surface area is 111 Å². The summed E-state index contributed by atoms with van der Waals surface area (Å²) in [6.07, 6.45) is -5.12. The molecule has 1 aromatic rings. The molecule has 0 saturated heterocycles. The molecule has 0 aromatic heterocycles. The van der Waals surface area contributed by atoms with Gasteiger partial charge < -0.3 is 10.5 Å². The number of aryl methyl sites for hydroxylation is 1. The Morgan fingerprint density at radius 2 is 1.94 bits per heavy atom. The molecule has 2 nitrogen and oxygen atoms in total. The van der Waals surface area contributed by atoms with E-state index in [1.54, 1.807) is 25.3 Å². The van der Waals surface area contributed by atoms with Gasteiger partial charge in [0.15, 0.2) is 0 Å². The van der Waals surface area contributed by atoms with Crippen molar-refractivity contribution in [3.8, 4) is 5.75 Å². The highest BCUT2D eigenvalue weighted by Crippen LogP contribution is 2.28. The molecule has 1 aromatic carbocycles. The first-order chi connectivity index (χ1) is 7.83. The molecule has 0 radical (unpaired) electrons. The van der Waals surface area contributed by atoms with E-state index in [1.165, 1.54) is 0 Å². The van der Waals surface area contributed by atoms with Gasteiger partial charge in [0, 0.05) is 12.5 Å². The first-order valence-corrected chi connectivity index (χ1v) is 5.30. The number of ether oxygens (including phenoxy) is 1. The highest BCUT2D eigenvalue weighted by Gasteiger charge is 2.27. The lowest BCUT2D eigenvalue weighted by Gasteiger charge is -2.15. The topological polar surface area (TPSA) is 35.2 Å². The zero-order valence-corrected chi connectivity index (χ0v) is 11.1. The Balaban J connectivity index is 0.00000289. The van der Waals surface area contributed by atoms with E-state index >= 15 is 0 Å². The fourth-order valence-electron chi connectivity index (χ4n) is 1.62. The number of methoxy groups -OCH3 is 1. The van der Waals surface area contributed by atoms with Crippen LogP contribution in [0.25, 0.3) is 0 Å². The van der Waals surface area contributed by atoms with E-state index in [4.69, 9.17) is 10.5 Å². The molecule has 0 saturated carbocycles. The van der Waals surface area contributed by atoms with Gasteiger partial charge in [-0.3, -0.25) is 0 Å². The SMILES string of the molecule is COc1ccc([C@H](N)CCC(F)(F)F)cc1C.Cl. The molecule has 0 aliphatic heterocycles. The number of benzene rings is 1. The molecule has 2 N–H and O–H groups in total. The smallest absolute Gasteiger partial charge is 0.389 e. The first kappa shape index (κ1) is 17.1. The van der Waals surface area contributed by atoms with Crippen LogP contribution in [-0.2, 0) is 0 Å². The Bertz CT molecular complexity index is 382. The van der Waals surface area contributed by atoms with E-state index in [9.17, 15) is 13.2 Å². The van der Waals surface area contributed by atoms with Gasteiger partial charge in [-0.1, -0.05) is 12.1 Å². The predicted molar refractivity (Wildman–Crippen MR) is 67.2 cm³/mol. The maximum Gasteiger partial charge on any atom is 0.389 e. The van der Waals surface area contributed by atoms with Crippen molar-refractivity contribution in [3.05, 3.63) is 29.3 Å².